The van der Waals surface area contributed by atoms with Gasteiger partial charge in [0.15, 0.2) is 12.2 Å². The van der Waals surface area contributed by atoms with Gasteiger partial charge in [-0.15, -0.1) is 0 Å². The molecule has 0 radical (unpaired) electrons. The number of aromatic nitrogens is 1. The SMILES string of the molecule is NC[C@H]1CCC[C@H]1C(=O)Nc1cccc(-c2cnco2)c1. The average molecular weight is 285 g/mol. The Bertz CT molecular complexity index is 610. The lowest BCUT2D eigenvalue weighted by Crippen LogP contribution is -2.29. The van der Waals surface area contributed by atoms with Crippen molar-refractivity contribution in [3.63, 3.8) is 0 Å². The van der Waals surface area contributed by atoms with Gasteiger partial charge in [-0.3, -0.25) is 4.79 Å². The summed E-state index contributed by atoms with van der Waals surface area (Å²) in [6, 6.07) is 7.59. The van der Waals surface area contributed by atoms with E-state index in [2.05, 4.69) is 10.3 Å². The first-order chi connectivity index (χ1) is 10.3. The van der Waals surface area contributed by atoms with Crippen molar-refractivity contribution in [2.24, 2.45) is 17.6 Å². The molecule has 0 aliphatic heterocycles. The molecule has 2 aromatic rings. The number of nitrogens with one attached hydrogen (secondary N) is 1. The molecule has 3 rings (SSSR count). The van der Waals surface area contributed by atoms with Crippen molar-refractivity contribution in [1.82, 2.24) is 4.98 Å². The number of nitrogens with zero attached hydrogens (tertiary/aromatic N) is 1. The lowest BCUT2D eigenvalue weighted by atomic mass is 9.95. The molecule has 5 nitrogen and oxygen atoms in total. The number of benzene rings is 1. The lowest BCUT2D eigenvalue weighted by Gasteiger charge is -2.17. The second kappa shape index (κ2) is 6.10. The van der Waals surface area contributed by atoms with Crippen LogP contribution in [0.3, 0.4) is 0 Å². The van der Waals surface area contributed by atoms with Crippen molar-refractivity contribution in [2.75, 3.05) is 11.9 Å². The van der Waals surface area contributed by atoms with E-state index in [9.17, 15) is 4.79 Å². The molecule has 5 heteroatoms. The minimum Gasteiger partial charge on any atom is -0.444 e. The van der Waals surface area contributed by atoms with Crippen LogP contribution in [0.25, 0.3) is 11.3 Å². The highest BCUT2D eigenvalue weighted by Crippen LogP contribution is 2.32. The summed E-state index contributed by atoms with van der Waals surface area (Å²) < 4.78 is 5.27. The first-order valence-corrected chi connectivity index (χ1v) is 7.28. The minimum absolute atomic E-state index is 0.0314. The van der Waals surface area contributed by atoms with Crippen LogP contribution in [0, 0.1) is 11.8 Å². The highest BCUT2D eigenvalue weighted by molar-refractivity contribution is 5.93. The van der Waals surface area contributed by atoms with E-state index in [0.717, 1.165) is 30.5 Å². The van der Waals surface area contributed by atoms with E-state index in [4.69, 9.17) is 10.2 Å². The number of carbonyl (C=O) groups is 1. The van der Waals surface area contributed by atoms with Gasteiger partial charge >= 0.3 is 0 Å². The zero-order chi connectivity index (χ0) is 14.7. The highest BCUT2D eigenvalue weighted by Gasteiger charge is 2.31. The van der Waals surface area contributed by atoms with Gasteiger partial charge in [0.05, 0.1) is 6.20 Å². The van der Waals surface area contributed by atoms with Gasteiger partial charge in [-0.2, -0.15) is 0 Å². The molecule has 0 saturated heterocycles. The summed E-state index contributed by atoms with van der Waals surface area (Å²) in [6.07, 6.45) is 6.10. The fourth-order valence-corrected chi connectivity index (χ4v) is 3.01. The normalized spacial score (nSPS) is 21.4. The maximum Gasteiger partial charge on any atom is 0.227 e. The number of hydrogen-bond donors (Lipinski definition) is 2. The quantitative estimate of drug-likeness (QED) is 0.905. The number of amides is 1. The van der Waals surface area contributed by atoms with E-state index >= 15 is 0 Å². The molecule has 110 valence electrons. The summed E-state index contributed by atoms with van der Waals surface area (Å²) in [7, 11) is 0. The predicted molar refractivity (Wildman–Crippen MR) is 80.5 cm³/mol. The Kier molecular flexibility index (Phi) is 4.01. The molecule has 1 aliphatic rings. The first kappa shape index (κ1) is 13.8. The number of carbonyl (C=O) groups excluding carboxylic acids is 1. The molecule has 1 aromatic carbocycles. The maximum atomic E-state index is 12.4. The van der Waals surface area contributed by atoms with Crippen LogP contribution in [0.2, 0.25) is 0 Å². The van der Waals surface area contributed by atoms with Gasteiger partial charge in [0.25, 0.3) is 0 Å². The summed E-state index contributed by atoms with van der Waals surface area (Å²) in [5.74, 6) is 1.09. The zero-order valence-electron chi connectivity index (χ0n) is 11.8. The molecule has 0 spiro atoms. The van der Waals surface area contributed by atoms with E-state index in [0.29, 0.717) is 18.2 Å². The smallest absolute Gasteiger partial charge is 0.227 e. The maximum absolute atomic E-state index is 12.4. The van der Waals surface area contributed by atoms with Crippen molar-refractivity contribution in [3.05, 3.63) is 36.9 Å². The summed E-state index contributed by atoms with van der Waals surface area (Å²) >= 11 is 0. The van der Waals surface area contributed by atoms with E-state index in [1.807, 2.05) is 24.3 Å². The van der Waals surface area contributed by atoms with Gasteiger partial charge in [-0.25, -0.2) is 4.98 Å². The van der Waals surface area contributed by atoms with Crippen LogP contribution in [-0.4, -0.2) is 17.4 Å². The van der Waals surface area contributed by atoms with Crippen molar-refractivity contribution in [2.45, 2.75) is 19.3 Å². The molecule has 1 aliphatic carbocycles. The van der Waals surface area contributed by atoms with Gasteiger partial charge in [-0.1, -0.05) is 18.6 Å². The lowest BCUT2D eigenvalue weighted by molar-refractivity contribution is -0.120. The highest BCUT2D eigenvalue weighted by atomic mass is 16.3. The molecular formula is C16H19N3O2. The summed E-state index contributed by atoms with van der Waals surface area (Å²) in [4.78, 5) is 16.3. The van der Waals surface area contributed by atoms with Gasteiger partial charge in [0, 0.05) is 17.2 Å². The third kappa shape index (κ3) is 2.97. The van der Waals surface area contributed by atoms with Crippen LogP contribution in [0.1, 0.15) is 19.3 Å². The van der Waals surface area contributed by atoms with Crippen LogP contribution >= 0.6 is 0 Å². The number of rotatable bonds is 4. The van der Waals surface area contributed by atoms with Gasteiger partial charge < -0.3 is 15.5 Å². The van der Waals surface area contributed by atoms with Crippen molar-refractivity contribution >= 4 is 11.6 Å². The largest absolute Gasteiger partial charge is 0.444 e. The van der Waals surface area contributed by atoms with Gasteiger partial charge in [0.2, 0.25) is 5.91 Å². The third-order valence-electron chi connectivity index (χ3n) is 4.15. The van der Waals surface area contributed by atoms with E-state index in [1.165, 1.54) is 6.39 Å². The molecule has 1 heterocycles. The minimum atomic E-state index is 0.0314. The molecule has 1 fully saturated rings. The number of oxazole rings is 1. The molecule has 21 heavy (non-hydrogen) atoms. The number of hydrogen-bond acceptors (Lipinski definition) is 4. The molecule has 0 unspecified atom stereocenters. The number of nitrogens with two attached hydrogens (primary N) is 1. The van der Waals surface area contributed by atoms with Crippen LogP contribution in [-0.2, 0) is 4.79 Å². The standard InChI is InChI=1S/C16H19N3O2/c17-8-12-4-2-6-14(12)16(20)19-13-5-1-3-11(7-13)15-9-18-10-21-15/h1,3,5,7,9-10,12,14H,2,4,6,8,17H2,(H,19,20)/t12-,14-/m1/s1. The summed E-state index contributed by atoms with van der Waals surface area (Å²) in [5, 5.41) is 2.99. The van der Waals surface area contributed by atoms with Crippen LogP contribution < -0.4 is 11.1 Å². The summed E-state index contributed by atoms with van der Waals surface area (Å²) in [6.45, 7) is 0.580. The molecule has 0 bridgehead atoms. The Balaban J connectivity index is 1.73. The Morgan fingerprint density at radius 3 is 3.10 bits per heavy atom. The van der Waals surface area contributed by atoms with Crippen LogP contribution in [0.5, 0.6) is 0 Å². The molecule has 3 N–H and O–H groups in total. The van der Waals surface area contributed by atoms with E-state index < -0.39 is 0 Å². The van der Waals surface area contributed by atoms with Crippen molar-refractivity contribution in [1.29, 1.82) is 0 Å². The van der Waals surface area contributed by atoms with E-state index in [1.54, 1.807) is 6.20 Å². The van der Waals surface area contributed by atoms with Crippen molar-refractivity contribution < 1.29 is 9.21 Å². The van der Waals surface area contributed by atoms with E-state index in [-0.39, 0.29) is 11.8 Å². The molecule has 1 aromatic heterocycles. The molecular weight excluding hydrogens is 266 g/mol. The fourth-order valence-electron chi connectivity index (χ4n) is 3.01. The Morgan fingerprint density at radius 2 is 2.33 bits per heavy atom. The second-order valence-corrected chi connectivity index (χ2v) is 5.47. The topological polar surface area (TPSA) is 81.2 Å². The zero-order valence-corrected chi connectivity index (χ0v) is 11.8. The molecule has 1 amide bonds. The van der Waals surface area contributed by atoms with Crippen LogP contribution in [0.15, 0.2) is 41.3 Å². The Morgan fingerprint density at radius 1 is 1.43 bits per heavy atom. The molecule has 2 atom stereocenters. The van der Waals surface area contributed by atoms with Crippen molar-refractivity contribution in [3.8, 4) is 11.3 Å². The monoisotopic (exact) mass is 285 g/mol. The molecule has 1 saturated carbocycles. The third-order valence-corrected chi connectivity index (χ3v) is 4.15. The number of anilines is 1. The predicted octanol–water partition coefficient (Wildman–Crippen LogP) is 2.66. The van der Waals surface area contributed by atoms with Gasteiger partial charge in [-0.05, 0) is 37.4 Å². The first-order valence-electron chi connectivity index (χ1n) is 7.28. The van der Waals surface area contributed by atoms with Gasteiger partial charge in [0.1, 0.15) is 0 Å². The average Bonchev–Trinajstić information content (AvgIpc) is 3.18. The Hall–Kier alpha value is -2.14. The van der Waals surface area contributed by atoms with Crippen LogP contribution in [0.4, 0.5) is 5.69 Å². The fraction of sp³-hybridized carbons (Fsp3) is 0.375. The second-order valence-electron chi connectivity index (χ2n) is 5.47. The summed E-state index contributed by atoms with van der Waals surface area (Å²) in [5.41, 5.74) is 7.41. The Labute approximate surface area is 123 Å².